The van der Waals surface area contributed by atoms with Crippen molar-refractivity contribution in [3.63, 3.8) is 0 Å². The zero-order valence-corrected chi connectivity index (χ0v) is 12.5. The van der Waals surface area contributed by atoms with Crippen LogP contribution in [0.15, 0.2) is 24.3 Å². The van der Waals surface area contributed by atoms with Gasteiger partial charge < -0.3 is 20.1 Å². The molecule has 1 amide bonds. The summed E-state index contributed by atoms with van der Waals surface area (Å²) in [6, 6.07) is 6.77. The van der Waals surface area contributed by atoms with E-state index in [2.05, 4.69) is 15.4 Å². The number of para-hydroxylation sites is 1. The van der Waals surface area contributed by atoms with E-state index in [0.717, 1.165) is 13.0 Å². The van der Waals surface area contributed by atoms with Crippen molar-refractivity contribution in [2.45, 2.75) is 12.8 Å². The molecule has 0 heterocycles. The van der Waals surface area contributed by atoms with E-state index >= 15 is 0 Å². The molecule has 6 nitrogen and oxygen atoms in total. The van der Waals surface area contributed by atoms with Gasteiger partial charge in [-0.05, 0) is 25.1 Å². The van der Waals surface area contributed by atoms with Gasteiger partial charge in [0.1, 0.15) is 0 Å². The average Bonchev–Trinajstić information content (AvgIpc) is 2.50. The monoisotopic (exact) mass is 294 g/mol. The lowest BCUT2D eigenvalue weighted by Crippen LogP contribution is -2.23. The van der Waals surface area contributed by atoms with Gasteiger partial charge in [0.05, 0.1) is 18.4 Å². The van der Waals surface area contributed by atoms with Gasteiger partial charge in [-0.25, -0.2) is 4.79 Å². The number of benzene rings is 1. The molecule has 1 rings (SSSR count). The van der Waals surface area contributed by atoms with Gasteiger partial charge in [-0.3, -0.25) is 4.79 Å². The summed E-state index contributed by atoms with van der Waals surface area (Å²) in [4.78, 5) is 23.4. The molecule has 0 fully saturated rings. The summed E-state index contributed by atoms with van der Waals surface area (Å²) in [5.74, 6) is -0.616. The number of anilines is 1. The van der Waals surface area contributed by atoms with Crippen molar-refractivity contribution in [3.8, 4) is 0 Å². The highest BCUT2D eigenvalue weighted by Crippen LogP contribution is 2.16. The topological polar surface area (TPSA) is 76.7 Å². The Balaban J connectivity index is 2.39. The fourth-order valence-electron chi connectivity index (χ4n) is 1.76. The van der Waals surface area contributed by atoms with E-state index in [1.165, 1.54) is 7.11 Å². The van der Waals surface area contributed by atoms with E-state index in [4.69, 9.17) is 4.74 Å². The van der Waals surface area contributed by atoms with Crippen LogP contribution < -0.4 is 10.6 Å². The standard InChI is InChI=1S/C15H22N2O4/c1-20-11-5-9-16-10-8-14(18)17-13-7-4-3-6-12(13)15(19)21-2/h3-4,6-7,16H,5,8-11H2,1-2H3,(H,17,18). The largest absolute Gasteiger partial charge is 0.465 e. The third kappa shape index (κ3) is 6.37. The summed E-state index contributed by atoms with van der Waals surface area (Å²) in [5.41, 5.74) is 0.815. The Morgan fingerprint density at radius 2 is 1.90 bits per heavy atom. The summed E-state index contributed by atoms with van der Waals surface area (Å²) >= 11 is 0. The van der Waals surface area contributed by atoms with Gasteiger partial charge in [0, 0.05) is 26.7 Å². The normalized spacial score (nSPS) is 10.2. The van der Waals surface area contributed by atoms with Crippen LogP contribution in [-0.4, -0.2) is 45.8 Å². The van der Waals surface area contributed by atoms with Gasteiger partial charge >= 0.3 is 5.97 Å². The number of amides is 1. The van der Waals surface area contributed by atoms with Crippen LogP contribution >= 0.6 is 0 Å². The van der Waals surface area contributed by atoms with Crippen molar-refractivity contribution >= 4 is 17.6 Å². The van der Waals surface area contributed by atoms with E-state index in [9.17, 15) is 9.59 Å². The second-order valence-electron chi connectivity index (χ2n) is 4.43. The van der Waals surface area contributed by atoms with E-state index < -0.39 is 5.97 Å². The SMILES string of the molecule is COCCCNCCC(=O)Nc1ccccc1C(=O)OC. The predicted octanol–water partition coefficient (Wildman–Crippen LogP) is 1.43. The molecular weight excluding hydrogens is 272 g/mol. The molecule has 0 spiro atoms. The quantitative estimate of drug-likeness (QED) is 0.532. The molecule has 116 valence electrons. The smallest absolute Gasteiger partial charge is 0.339 e. The number of esters is 1. The Hall–Kier alpha value is -1.92. The van der Waals surface area contributed by atoms with Crippen LogP contribution in [0.1, 0.15) is 23.2 Å². The first-order valence-electron chi connectivity index (χ1n) is 6.86. The summed E-state index contributed by atoms with van der Waals surface area (Å²) in [5, 5.41) is 5.88. The summed E-state index contributed by atoms with van der Waals surface area (Å²) in [6.07, 6.45) is 1.24. The van der Waals surface area contributed by atoms with Crippen LogP contribution in [0.5, 0.6) is 0 Å². The molecule has 1 aromatic rings. The fraction of sp³-hybridized carbons (Fsp3) is 0.467. The molecule has 0 saturated carbocycles. The number of methoxy groups -OCH3 is 2. The first kappa shape index (κ1) is 17.1. The minimum atomic E-state index is -0.469. The number of nitrogens with one attached hydrogen (secondary N) is 2. The van der Waals surface area contributed by atoms with Crippen molar-refractivity contribution in [1.82, 2.24) is 5.32 Å². The zero-order chi connectivity index (χ0) is 15.5. The molecule has 0 radical (unpaired) electrons. The van der Waals surface area contributed by atoms with Gasteiger partial charge in [-0.2, -0.15) is 0 Å². The Morgan fingerprint density at radius 3 is 2.62 bits per heavy atom. The molecule has 2 N–H and O–H groups in total. The predicted molar refractivity (Wildman–Crippen MR) is 80.4 cm³/mol. The van der Waals surface area contributed by atoms with E-state index in [1.54, 1.807) is 31.4 Å². The van der Waals surface area contributed by atoms with E-state index in [-0.39, 0.29) is 5.91 Å². The van der Waals surface area contributed by atoms with Crippen LogP contribution in [0.4, 0.5) is 5.69 Å². The average molecular weight is 294 g/mol. The molecule has 21 heavy (non-hydrogen) atoms. The molecule has 0 aromatic heterocycles. The molecule has 0 unspecified atom stereocenters. The second kappa shape index (κ2) is 9.90. The number of hydrogen-bond donors (Lipinski definition) is 2. The Morgan fingerprint density at radius 1 is 1.14 bits per heavy atom. The lowest BCUT2D eigenvalue weighted by Gasteiger charge is -2.10. The number of ether oxygens (including phenoxy) is 2. The van der Waals surface area contributed by atoms with Crippen molar-refractivity contribution < 1.29 is 19.1 Å². The molecule has 0 aliphatic rings. The number of carbonyl (C=O) groups excluding carboxylic acids is 2. The van der Waals surface area contributed by atoms with Crippen LogP contribution in [-0.2, 0) is 14.3 Å². The first-order valence-corrected chi connectivity index (χ1v) is 6.86. The highest BCUT2D eigenvalue weighted by molar-refractivity contribution is 6.01. The van der Waals surface area contributed by atoms with Crippen LogP contribution in [0, 0.1) is 0 Å². The van der Waals surface area contributed by atoms with Gasteiger partial charge in [0.25, 0.3) is 0 Å². The first-order chi connectivity index (χ1) is 10.2. The maximum atomic E-state index is 11.8. The minimum absolute atomic E-state index is 0.148. The number of rotatable bonds is 9. The van der Waals surface area contributed by atoms with Gasteiger partial charge in [0.15, 0.2) is 0 Å². The maximum absolute atomic E-state index is 11.8. The Kier molecular flexibility index (Phi) is 8.08. The van der Waals surface area contributed by atoms with Crippen molar-refractivity contribution in [2.24, 2.45) is 0 Å². The lowest BCUT2D eigenvalue weighted by molar-refractivity contribution is -0.116. The third-order valence-electron chi connectivity index (χ3n) is 2.84. The van der Waals surface area contributed by atoms with Crippen LogP contribution in [0.3, 0.4) is 0 Å². The van der Waals surface area contributed by atoms with Crippen molar-refractivity contribution in [2.75, 3.05) is 39.2 Å². The Bertz CT molecular complexity index is 463. The fourth-order valence-corrected chi connectivity index (χ4v) is 1.76. The lowest BCUT2D eigenvalue weighted by atomic mass is 10.1. The highest BCUT2D eigenvalue weighted by atomic mass is 16.5. The molecule has 1 aromatic carbocycles. The van der Waals surface area contributed by atoms with Crippen molar-refractivity contribution in [3.05, 3.63) is 29.8 Å². The summed E-state index contributed by atoms with van der Waals surface area (Å²) in [7, 11) is 2.97. The summed E-state index contributed by atoms with van der Waals surface area (Å²) in [6.45, 7) is 2.08. The molecule has 0 bridgehead atoms. The zero-order valence-electron chi connectivity index (χ0n) is 12.5. The highest BCUT2D eigenvalue weighted by Gasteiger charge is 2.12. The van der Waals surface area contributed by atoms with Crippen LogP contribution in [0.2, 0.25) is 0 Å². The van der Waals surface area contributed by atoms with E-state index in [0.29, 0.717) is 30.8 Å². The number of carbonyl (C=O) groups is 2. The van der Waals surface area contributed by atoms with Gasteiger partial charge in [0.2, 0.25) is 5.91 Å². The maximum Gasteiger partial charge on any atom is 0.339 e. The van der Waals surface area contributed by atoms with Crippen molar-refractivity contribution in [1.29, 1.82) is 0 Å². The third-order valence-corrected chi connectivity index (χ3v) is 2.84. The number of hydrogen-bond acceptors (Lipinski definition) is 5. The molecule has 0 aliphatic carbocycles. The van der Waals surface area contributed by atoms with Gasteiger partial charge in [-0.1, -0.05) is 12.1 Å². The van der Waals surface area contributed by atoms with Gasteiger partial charge in [-0.15, -0.1) is 0 Å². The molecule has 0 atom stereocenters. The molecule has 6 heteroatoms. The Labute approximate surface area is 124 Å². The molecule has 0 saturated heterocycles. The second-order valence-corrected chi connectivity index (χ2v) is 4.43. The molecular formula is C15H22N2O4. The summed E-state index contributed by atoms with van der Waals surface area (Å²) < 4.78 is 9.61. The minimum Gasteiger partial charge on any atom is -0.465 e. The van der Waals surface area contributed by atoms with E-state index in [1.807, 2.05) is 0 Å². The van der Waals surface area contributed by atoms with Crippen LogP contribution in [0.25, 0.3) is 0 Å². The molecule has 0 aliphatic heterocycles.